The predicted molar refractivity (Wildman–Crippen MR) is 81.8 cm³/mol. The molecule has 0 fully saturated rings. The molecule has 6 heteroatoms. The first-order chi connectivity index (χ1) is 9.42. The molecular formula is C14H20ClN3O2. The van der Waals surface area contributed by atoms with Crippen LogP contribution in [0, 0.1) is 5.92 Å². The topological polar surface area (TPSA) is 84.2 Å². The maximum absolute atomic E-state index is 11.7. The molecule has 0 aliphatic carbocycles. The molecule has 0 bridgehead atoms. The lowest BCUT2D eigenvalue weighted by Gasteiger charge is -2.11. The molecule has 0 aliphatic heterocycles. The molecule has 1 rings (SSSR count). The molecule has 0 radical (unpaired) electrons. The fourth-order valence-corrected chi connectivity index (χ4v) is 1.79. The molecule has 1 aromatic carbocycles. The summed E-state index contributed by atoms with van der Waals surface area (Å²) in [5, 5.41) is 5.87. The lowest BCUT2D eigenvalue weighted by atomic mass is 10.1. The van der Waals surface area contributed by atoms with Crippen LogP contribution in [0.4, 0.5) is 11.4 Å². The molecule has 4 N–H and O–H groups in total. The Labute approximate surface area is 123 Å². The number of halogens is 1. The number of nitrogens with one attached hydrogen (secondary N) is 2. The largest absolute Gasteiger partial charge is 0.330 e. The van der Waals surface area contributed by atoms with Crippen molar-refractivity contribution >= 4 is 34.8 Å². The van der Waals surface area contributed by atoms with Gasteiger partial charge < -0.3 is 16.4 Å². The first-order valence-corrected chi connectivity index (χ1v) is 6.89. The second kappa shape index (κ2) is 7.87. The van der Waals surface area contributed by atoms with E-state index < -0.39 is 0 Å². The average Bonchev–Trinajstić information content (AvgIpc) is 2.32. The van der Waals surface area contributed by atoms with Crippen molar-refractivity contribution in [3.05, 3.63) is 23.2 Å². The highest BCUT2D eigenvalue weighted by atomic mass is 35.5. The highest BCUT2D eigenvalue weighted by Crippen LogP contribution is 2.26. The van der Waals surface area contributed by atoms with E-state index in [0.717, 1.165) is 0 Å². The Kier molecular flexibility index (Phi) is 6.48. The number of hydrogen-bond donors (Lipinski definition) is 3. The Morgan fingerprint density at radius 1 is 1.25 bits per heavy atom. The van der Waals surface area contributed by atoms with Crippen LogP contribution in [0.2, 0.25) is 5.02 Å². The van der Waals surface area contributed by atoms with Gasteiger partial charge in [-0.15, -0.1) is 0 Å². The fourth-order valence-electron chi connectivity index (χ4n) is 1.63. The van der Waals surface area contributed by atoms with Crippen molar-refractivity contribution in [3.8, 4) is 0 Å². The van der Waals surface area contributed by atoms with Crippen LogP contribution in [-0.4, -0.2) is 18.4 Å². The van der Waals surface area contributed by atoms with E-state index in [4.69, 9.17) is 17.3 Å². The molecule has 0 saturated carbocycles. The van der Waals surface area contributed by atoms with Gasteiger partial charge >= 0.3 is 0 Å². The van der Waals surface area contributed by atoms with E-state index in [1.54, 1.807) is 18.2 Å². The van der Waals surface area contributed by atoms with Crippen molar-refractivity contribution in [2.45, 2.75) is 26.7 Å². The summed E-state index contributed by atoms with van der Waals surface area (Å²) in [5.41, 5.74) is 6.38. The first kappa shape index (κ1) is 16.5. The summed E-state index contributed by atoms with van der Waals surface area (Å²) >= 11 is 6.03. The standard InChI is InChI=1S/C14H20ClN3O2/c1-9(2)7-14(20)18-12-8-10(3-4-11(12)15)17-13(19)5-6-16/h3-4,8-9H,5-7,16H2,1-2H3,(H,17,19)(H,18,20). The van der Waals surface area contributed by atoms with E-state index in [1.807, 2.05) is 13.8 Å². The highest BCUT2D eigenvalue weighted by Gasteiger charge is 2.09. The molecule has 1 aromatic rings. The summed E-state index contributed by atoms with van der Waals surface area (Å²) in [6.07, 6.45) is 0.664. The van der Waals surface area contributed by atoms with Gasteiger partial charge in [-0.05, 0) is 24.1 Å². The van der Waals surface area contributed by atoms with Crippen LogP contribution in [0.5, 0.6) is 0 Å². The van der Waals surface area contributed by atoms with Gasteiger partial charge in [0.25, 0.3) is 0 Å². The zero-order chi connectivity index (χ0) is 15.1. The average molecular weight is 298 g/mol. The lowest BCUT2D eigenvalue weighted by molar-refractivity contribution is -0.117. The fraction of sp³-hybridized carbons (Fsp3) is 0.429. The van der Waals surface area contributed by atoms with Crippen LogP contribution in [0.15, 0.2) is 18.2 Å². The quantitative estimate of drug-likeness (QED) is 0.754. The Hall–Kier alpha value is -1.59. The zero-order valence-corrected chi connectivity index (χ0v) is 12.5. The van der Waals surface area contributed by atoms with E-state index in [9.17, 15) is 9.59 Å². The van der Waals surface area contributed by atoms with Crippen LogP contribution in [-0.2, 0) is 9.59 Å². The van der Waals surface area contributed by atoms with Crippen molar-refractivity contribution in [2.75, 3.05) is 17.2 Å². The van der Waals surface area contributed by atoms with E-state index in [0.29, 0.717) is 22.8 Å². The number of carbonyl (C=O) groups is 2. The summed E-state index contributed by atoms with van der Waals surface area (Å²) in [5.74, 6) is -0.0113. The molecule has 20 heavy (non-hydrogen) atoms. The van der Waals surface area contributed by atoms with E-state index in [2.05, 4.69) is 10.6 Å². The Balaban J connectivity index is 2.76. The number of carbonyl (C=O) groups excluding carboxylic acids is 2. The summed E-state index contributed by atoms with van der Waals surface area (Å²) < 4.78 is 0. The molecule has 0 heterocycles. The normalized spacial score (nSPS) is 10.4. The first-order valence-electron chi connectivity index (χ1n) is 6.51. The minimum Gasteiger partial charge on any atom is -0.330 e. The molecule has 2 amide bonds. The summed E-state index contributed by atoms with van der Waals surface area (Å²) in [6, 6.07) is 4.94. The maximum atomic E-state index is 11.7. The molecule has 0 spiro atoms. The number of rotatable bonds is 6. The SMILES string of the molecule is CC(C)CC(=O)Nc1cc(NC(=O)CCN)ccc1Cl. The van der Waals surface area contributed by atoms with Crippen LogP contribution in [0.1, 0.15) is 26.7 Å². The van der Waals surface area contributed by atoms with Gasteiger partial charge in [0.05, 0.1) is 10.7 Å². The third-order valence-electron chi connectivity index (χ3n) is 2.49. The predicted octanol–water partition coefficient (Wildman–Crippen LogP) is 2.61. The molecule has 0 aliphatic rings. The third kappa shape index (κ3) is 5.59. The van der Waals surface area contributed by atoms with Gasteiger partial charge in [-0.2, -0.15) is 0 Å². The Morgan fingerprint density at radius 3 is 2.55 bits per heavy atom. The molecule has 110 valence electrons. The van der Waals surface area contributed by atoms with Crippen LogP contribution in [0.25, 0.3) is 0 Å². The second-order valence-electron chi connectivity index (χ2n) is 4.93. The van der Waals surface area contributed by atoms with Crippen LogP contribution in [0.3, 0.4) is 0 Å². The van der Waals surface area contributed by atoms with E-state index in [-0.39, 0.29) is 30.7 Å². The van der Waals surface area contributed by atoms with Crippen LogP contribution < -0.4 is 16.4 Å². The lowest BCUT2D eigenvalue weighted by Crippen LogP contribution is -2.17. The van der Waals surface area contributed by atoms with Gasteiger partial charge in [-0.1, -0.05) is 25.4 Å². The minimum atomic E-state index is -0.172. The van der Waals surface area contributed by atoms with E-state index in [1.165, 1.54) is 0 Å². The Bertz CT molecular complexity index is 489. The van der Waals surface area contributed by atoms with Gasteiger partial charge in [0.15, 0.2) is 0 Å². The van der Waals surface area contributed by atoms with Crippen molar-refractivity contribution in [1.29, 1.82) is 0 Å². The summed E-state index contributed by atoms with van der Waals surface area (Å²) in [6.45, 7) is 4.21. The van der Waals surface area contributed by atoms with Crippen molar-refractivity contribution in [1.82, 2.24) is 0 Å². The van der Waals surface area contributed by atoms with Gasteiger partial charge in [-0.3, -0.25) is 9.59 Å². The summed E-state index contributed by atoms with van der Waals surface area (Å²) in [7, 11) is 0. The van der Waals surface area contributed by atoms with Gasteiger partial charge in [-0.25, -0.2) is 0 Å². The number of nitrogens with two attached hydrogens (primary N) is 1. The monoisotopic (exact) mass is 297 g/mol. The zero-order valence-electron chi connectivity index (χ0n) is 11.7. The van der Waals surface area contributed by atoms with Crippen molar-refractivity contribution in [2.24, 2.45) is 11.7 Å². The molecule has 5 nitrogen and oxygen atoms in total. The van der Waals surface area contributed by atoms with Crippen molar-refractivity contribution < 1.29 is 9.59 Å². The third-order valence-corrected chi connectivity index (χ3v) is 2.82. The van der Waals surface area contributed by atoms with Crippen LogP contribution >= 0.6 is 11.6 Å². The number of benzene rings is 1. The van der Waals surface area contributed by atoms with E-state index >= 15 is 0 Å². The van der Waals surface area contributed by atoms with Gasteiger partial charge in [0.1, 0.15) is 0 Å². The summed E-state index contributed by atoms with van der Waals surface area (Å²) in [4.78, 5) is 23.2. The maximum Gasteiger partial charge on any atom is 0.225 e. The molecule has 0 atom stereocenters. The van der Waals surface area contributed by atoms with Crippen molar-refractivity contribution in [3.63, 3.8) is 0 Å². The molecular weight excluding hydrogens is 278 g/mol. The molecule has 0 aromatic heterocycles. The second-order valence-corrected chi connectivity index (χ2v) is 5.33. The minimum absolute atomic E-state index is 0.104. The molecule has 0 unspecified atom stereocenters. The number of hydrogen-bond acceptors (Lipinski definition) is 3. The smallest absolute Gasteiger partial charge is 0.225 e. The van der Waals surface area contributed by atoms with Gasteiger partial charge in [0.2, 0.25) is 11.8 Å². The highest BCUT2D eigenvalue weighted by molar-refractivity contribution is 6.33. The Morgan fingerprint density at radius 2 is 1.95 bits per heavy atom. The molecule has 0 saturated heterocycles. The number of amides is 2. The van der Waals surface area contributed by atoms with Gasteiger partial charge in [0, 0.05) is 25.1 Å². The number of anilines is 2.